The molecule has 0 aromatic rings. The maximum absolute atomic E-state index is 12.0. The van der Waals surface area contributed by atoms with E-state index in [0.29, 0.717) is 13.0 Å². The van der Waals surface area contributed by atoms with E-state index >= 15 is 0 Å². The van der Waals surface area contributed by atoms with Crippen LogP contribution in [0.4, 0.5) is 4.79 Å². The summed E-state index contributed by atoms with van der Waals surface area (Å²) in [6, 6.07) is -0.0469. The van der Waals surface area contributed by atoms with E-state index < -0.39 is 11.9 Å². The van der Waals surface area contributed by atoms with Gasteiger partial charge >= 0.3 is 12.0 Å². The van der Waals surface area contributed by atoms with Gasteiger partial charge in [-0.25, -0.2) is 4.79 Å². The smallest absolute Gasteiger partial charge is 0.317 e. The zero-order chi connectivity index (χ0) is 14.3. The Morgan fingerprint density at radius 1 is 1.37 bits per heavy atom. The lowest BCUT2D eigenvalue weighted by molar-refractivity contribution is -0.141. The number of nitrogens with zero attached hydrogens (tertiary/aromatic N) is 1. The molecule has 5 heteroatoms. The van der Waals surface area contributed by atoms with Gasteiger partial charge in [0.15, 0.2) is 0 Å². The van der Waals surface area contributed by atoms with Crippen molar-refractivity contribution in [1.82, 2.24) is 10.2 Å². The number of rotatable bonds is 5. The van der Waals surface area contributed by atoms with Gasteiger partial charge < -0.3 is 15.3 Å². The van der Waals surface area contributed by atoms with Gasteiger partial charge in [-0.15, -0.1) is 0 Å². The molecule has 2 N–H and O–H groups in total. The SMILES string of the molecule is CCC1CCCN(C(=O)NCCC(C)C(=O)O)CC1. The van der Waals surface area contributed by atoms with Gasteiger partial charge in [0, 0.05) is 19.6 Å². The predicted molar refractivity (Wildman–Crippen MR) is 74.0 cm³/mol. The molecular weight excluding hydrogens is 244 g/mol. The van der Waals surface area contributed by atoms with E-state index in [4.69, 9.17) is 5.11 Å². The molecule has 1 aliphatic heterocycles. The summed E-state index contributed by atoms with van der Waals surface area (Å²) in [4.78, 5) is 24.5. The second kappa shape index (κ2) is 8.02. The van der Waals surface area contributed by atoms with E-state index in [1.165, 1.54) is 12.8 Å². The number of carboxylic acid groups (broad SMARTS) is 1. The monoisotopic (exact) mass is 270 g/mol. The third-order valence-corrected chi connectivity index (χ3v) is 3.99. The fraction of sp³-hybridized carbons (Fsp3) is 0.857. The zero-order valence-corrected chi connectivity index (χ0v) is 12.0. The van der Waals surface area contributed by atoms with Crippen molar-refractivity contribution in [3.8, 4) is 0 Å². The molecule has 19 heavy (non-hydrogen) atoms. The van der Waals surface area contributed by atoms with Crippen LogP contribution >= 0.6 is 0 Å². The normalized spacial score (nSPS) is 21.6. The van der Waals surface area contributed by atoms with E-state index in [0.717, 1.165) is 31.8 Å². The fourth-order valence-electron chi connectivity index (χ4n) is 2.41. The van der Waals surface area contributed by atoms with Crippen LogP contribution in [-0.4, -0.2) is 41.6 Å². The minimum absolute atomic E-state index is 0.0469. The lowest BCUT2D eigenvalue weighted by atomic mass is 9.98. The molecule has 0 aliphatic carbocycles. The summed E-state index contributed by atoms with van der Waals surface area (Å²) in [6.45, 7) is 5.93. The molecule has 2 atom stereocenters. The van der Waals surface area contributed by atoms with Crippen molar-refractivity contribution in [2.45, 2.75) is 46.0 Å². The summed E-state index contributed by atoms with van der Waals surface area (Å²) in [5.41, 5.74) is 0. The van der Waals surface area contributed by atoms with Gasteiger partial charge in [0.2, 0.25) is 0 Å². The van der Waals surface area contributed by atoms with Crippen LogP contribution in [0, 0.1) is 11.8 Å². The Morgan fingerprint density at radius 2 is 2.11 bits per heavy atom. The van der Waals surface area contributed by atoms with Gasteiger partial charge in [0.1, 0.15) is 0 Å². The first-order chi connectivity index (χ1) is 9.04. The molecule has 2 amide bonds. The van der Waals surface area contributed by atoms with E-state index in [1.54, 1.807) is 6.92 Å². The van der Waals surface area contributed by atoms with E-state index in [2.05, 4.69) is 12.2 Å². The van der Waals surface area contributed by atoms with Crippen LogP contribution in [0.15, 0.2) is 0 Å². The maximum Gasteiger partial charge on any atom is 0.317 e. The number of hydrogen-bond acceptors (Lipinski definition) is 2. The zero-order valence-electron chi connectivity index (χ0n) is 12.0. The second-order valence-electron chi connectivity index (χ2n) is 5.45. The highest BCUT2D eigenvalue weighted by Gasteiger charge is 2.19. The summed E-state index contributed by atoms with van der Waals surface area (Å²) in [7, 11) is 0. The van der Waals surface area contributed by atoms with Gasteiger partial charge in [-0.3, -0.25) is 4.79 Å². The number of nitrogens with one attached hydrogen (secondary N) is 1. The van der Waals surface area contributed by atoms with Crippen molar-refractivity contribution in [3.63, 3.8) is 0 Å². The second-order valence-corrected chi connectivity index (χ2v) is 5.45. The van der Waals surface area contributed by atoms with Crippen molar-refractivity contribution < 1.29 is 14.7 Å². The highest BCUT2D eigenvalue weighted by Crippen LogP contribution is 2.20. The van der Waals surface area contributed by atoms with Crippen LogP contribution in [0.1, 0.15) is 46.0 Å². The molecule has 1 aliphatic rings. The van der Waals surface area contributed by atoms with Crippen LogP contribution in [0.25, 0.3) is 0 Å². The molecule has 0 radical (unpaired) electrons. The summed E-state index contributed by atoms with van der Waals surface area (Å²) in [5.74, 6) is -0.478. The minimum atomic E-state index is -0.810. The Kier molecular flexibility index (Phi) is 6.67. The average molecular weight is 270 g/mol. The first kappa shape index (κ1) is 15.8. The Morgan fingerprint density at radius 3 is 2.74 bits per heavy atom. The molecule has 1 rings (SSSR count). The summed E-state index contributed by atoms with van der Waals surface area (Å²) in [5, 5.41) is 11.6. The lowest BCUT2D eigenvalue weighted by Gasteiger charge is -2.21. The molecule has 0 saturated carbocycles. The quantitative estimate of drug-likeness (QED) is 0.805. The van der Waals surface area contributed by atoms with E-state index in [-0.39, 0.29) is 6.03 Å². The molecule has 0 bridgehead atoms. The number of likely N-dealkylation sites (tertiary alicyclic amines) is 1. The summed E-state index contributed by atoms with van der Waals surface area (Å²) < 4.78 is 0. The van der Waals surface area contributed by atoms with Crippen molar-refractivity contribution >= 4 is 12.0 Å². The third kappa shape index (κ3) is 5.49. The number of carbonyl (C=O) groups excluding carboxylic acids is 1. The standard InChI is InChI=1S/C14H26N2O3/c1-3-12-5-4-9-16(10-7-12)14(19)15-8-6-11(2)13(17)18/h11-12H,3-10H2,1-2H3,(H,15,19)(H,17,18). The Hall–Kier alpha value is -1.26. The Labute approximate surface area is 115 Å². The number of amides is 2. The number of carboxylic acids is 1. The molecule has 110 valence electrons. The van der Waals surface area contributed by atoms with Crippen LogP contribution in [0.3, 0.4) is 0 Å². The van der Waals surface area contributed by atoms with Crippen molar-refractivity contribution in [2.24, 2.45) is 11.8 Å². The van der Waals surface area contributed by atoms with Gasteiger partial charge in [-0.05, 0) is 31.6 Å². The van der Waals surface area contributed by atoms with Crippen LogP contribution in [-0.2, 0) is 4.79 Å². The number of hydrogen-bond donors (Lipinski definition) is 2. The molecule has 5 nitrogen and oxygen atoms in total. The van der Waals surface area contributed by atoms with Crippen LogP contribution < -0.4 is 5.32 Å². The molecule has 0 aromatic heterocycles. The molecule has 1 fully saturated rings. The molecule has 0 spiro atoms. The van der Waals surface area contributed by atoms with Crippen LogP contribution in [0.2, 0.25) is 0 Å². The fourth-order valence-corrected chi connectivity index (χ4v) is 2.41. The number of carbonyl (C=O) groups is 2. The average Bonchev–Trinajstić information content (AvgIpc) is 2.63. The first-order valence-electron chi connectivity index (χ1n) is 7.30. The molecular formula is C14H26N2O3. The minimum Gasteiger partial charge on any atom is -0.481 e. The molecule has 1 saturated heterocycles. The third-order valence-electron chi connectivity index (χ3n) is 3.99. The van der Waals surface area contributed by atoms with E-state index in [1.807, 2.05) is 4.90 Å². The van der Waals surface area contributed by atoms with E-state index in [9.17, 15) is 9.59 Å². The highest BCUT2D eigenvalue weighted by molar-refractivity contribution is 5.74. The number of urea groups is 1. The highest BCUT2D eigenvalue weighted by atomic mass is 16.4. The Bertz CT molecular complexity index is 307. The molecule has 0 aromatic carbocycles. The predicted octanol–water partition coefficient (Wildman–Crippen LogP) is 2.32. The van der Waals surface area contributed by atoms with Gasteiger partial charge in [-0.2, -0.15) is 0 Å². The maximum atomic E-state index is 12.0. The summed E-state index contributed by atoms with van der Waals surface area (Å²) in [6.07, 6.45) is 5.02. The van der Waals surface area contributed by atoms with Crippen LogP contribution in [0.5, 0.6) is 0 Å². The number of aliphatic carboxylic acids is 1. The van der Waals surface area contributed by atoms with Crippen molar-refractivity contribution in [1.29, 1.82) is 0 Å². The van der Waals surface area contributed by atoms with Crippen molar-refractivity contribution in [3.05, 3.63) is 0 Å². The van der Waals surface area contributed by atoms with Gasteiger partial charge in [0.25, 0.3) is 0 Å². The molecule has 1 heterocycles. The molecule has 2 unspecified atom stereocenters. The largest absolute Gasteiger partial charge is 0.481 e. The first-order valence-corrected chi connectivity index (χ1v) is 7.30. The van der Waals surface area contributed by atoms with Gasteiger partial charge in [0.05, 0.1) is 5.92 Å². The Balaban J connectivity index is 2.27. The summed E-state index contributed by atoms with van der Waals surface area (Å²) >= 11 is 0. The van der Waals surface area contributed by atoms with Gasteiger partial charge in [-0.1, -0.05) is 20.3 Å². The lowest BCUT2D eigenvalue weighted by Crippen LogP contribution is -2.41. The van der Waals surface area contributed by atoms with Crippen molar-refractivity contribution in [2.75, 3.05) is 19.6 Å². The topological polar surface area (TPSA) is 69.6 Å².